The van der Waals surface area contributed by atoms with Gasteiger partial charge in [0.2, 0.25) is 0 Å². The van der Waals surface area contributed by atoms with Crippen molar-refractivity contribution in [2.45, 2.75) is 26.8 Å². The molecule has 0 N–H and O–H groups in total. The van der Waals surface area contributed by atoms with Crippen LogP contribution < -0.4 is 14.9 Å². The molecule has 1 atom stereocenters. The van der Waals surface area contributed by atoms with Gasteiger partial charge in [0.1, 0.15) is 10.8 Å². The number of esters is 1. The number of carbonyl (C=O) groups excluding carboxylic acids is 1. The number of thiazole rings is 1. The highest BCUT2D eigenvalue weighted by molar-refractivity contribution is 7.06. The van der Waals surface area contributed by atoms with Crippen LogP contribution in [0.3, 0.4) is 0 Å². The van der Waals surface area contributed by atoms with Crippen LogP contribution >= 0.6 is 11.3 Å². The summed E-state index contributed by atoms with van der Waals surface area (Å²) in [7, 11) is 0. The second kappa shape index (κ2) is 7.70. The van der Waals surface area contributed by atoms with E-state index in [4.69, 9.17) is 9.47 Å². The summed E-state index contributed by atoms with van der Waals surface area (Å²) >= 11 is 1.25. The van der Waals surface area contributed by atoms with Gasteiger partial charge in [-0.15, -0.1) is 0 Å². The molecule has 1 aromatic carbocycles. The molecule has 1 unspecified atom stereocenters. The zero-order chi connectivity index (χ0) is 18.7. The van der Waals surface area contributed by atoms with Gasteiger partial charge in [-0.2, -0.15) is 0 Å². The van der Waals surface area contributed by atoms with Crippen LogP contribution in [0.4, 0.5) is 0 Å². The number of carbonyl (C=O) groups is 1. The quantitative estimate of drug-likeness (QED) is 0.750. The molecule has 0 saturated heterocycles. The molecule has 6 nitrogen and oxygen atoms in total. The highest BCUT2D eigenvalue weighted by atomic mass is 32.1. The van der Waals surface area contributed by atoms with E-state index in [1.807, 2.05) is 37.3 Å². The van der Waals surface area contributed by atoms with Gasteiger partial charge in [0.15, 0.2) is 4.80 Å². The number of hydrogen-bond acceptors (Lipinski definition) is 6. The Hall–Kier alpha value is -2.67. The Balaban J connectivity index is 2.27. The SMILES string of the molecule is CCOC=c1sc2n(c1=O)C(c1ccccc1)C(C(=O)OCC)=C(C)N=2. The smallest absolute Gasteiger partial charge is 0.338 e. The number of hydrogen-bond donors (Lipinski definition) is 0. The second-order valence-corrected chi connectivity index (χ2v) is 6.65. The molecule has 0 aliphatic carbocycles. The fraction of sp³-hybridized carbons (Fsp3) is 0.316. The van der Waals surface area contributed by atoms with Gasteiger partial charge in [-0.25, -0.2) is 9.79 Å². The van der Waals surface area contributed by atoms with Crippen molar-refractivity contribution in [2.75, 3.05) is 13.2 Å². The van der Waals surface area contributed by atoms with Crippen molar-refractivity contribution >= 4 is 23.6 Å². The lowest BCUT2D eigenvalue weighted by molar-refractivity contribution is -0.139. The normalized spacial score (nSPS) is 16.9. The van der Waals surface area contributed by atoms with E-state index >= 15 is 0 Å². The average molecular weight is 372 g/mol. The molecule has 0 fully saturated rings. The number of fused-ring (bicyclic) bond motifs is 1. The van der Waals surface area contributed by atoms with Crippen LogP contribution in [0.1, 0.15) is 32.4 Å². The third kappa shape index (κ3) is 3.22. The Morgan fingerprint density at radius 3 is 2.65 bits per heavy atom. The van der Waals surface area contributed by atoms with E-state index in [2.05, 4.69) is 4.99 Å². The second-order valence-electron chi connectivity index (χ2n) is 5.64. The van der Waals surface area contributed by atoms with Gasteiger partial charge in [-0.05, 0) is 26.3 Å². The highest BCUT2D eigenvalue weighted by Crippen LogP contribution is 2.30. The molecule has 3 rings (SSSR count). The maximum absolute atomic E-state index is 13.0. The van der Waals surface area contributed by atoms with Crippen molar-refractivity contribution in [3.8, 4) is 0 Å². The molecule has 1 aliphatic rings. The standard InChI is InChI=1S/C19H20N2O4S/c1-4-24-11-14-17(22)21-16(13-9-7-6-8-10-13)15(18(23)25-5-2)12(3)20-19(21)26-14/h6-11,16H,4-5H2,1-3H3. The van der Waals surface area contributed by atoms with Crippen LogP contribution in [0, 0.1) is 0 Å². The molecule has 0 spiro atoms. The molecule has 2 aromatic rings. The van der Waals surface area contributed by atoms with Gasteiger partial charge in [0, 0.05) is 0 Å². The fourth-order valence-corrected chi connectivity index (χ4v) is 3.85. The first-order chi connectivity index (χ1) is 12.6. The van der Waals surface area contributed by atoms with E-state index in [1.165, 1.54) is 17.6 Å². The molecule has 1 aliphatic heterocycles. The fourth-order valence-electron chi connectivity index (χ4n) is 2.88. The predicted octanol–water partition coefficient (Wildman–Crippen LogP) is 1.74. The first kappa shape index (κ1) is 18.1. The minimum absolute atomic E-state index is 0.231. The molecular weight excluding hydrogens is 352 g/mol. The number of aromatic nitrogens is 1. The Kier molecular flexibility index (Phi) is 5.37. The number of benzene rings is 1. The number of rotatable bonds is 5. The van der Waals surface area contributed by atoms with Crippen LogP contribution in [0.2, 0.25) is 0 Å². The van der Waals surface area contributed by atoms with Gasteiger partial charge >= 0.3 is 5.97 Å². The summed E-state index contributed by atoms with van der Waals surface area (Å²) in [6.45, 7) is 6.09. The lowest BCUT2D eigenvalue weighted by atomic mass is 9.96. The average Bonchev–Trinajstić information content (AvgIpc) is 2.95. The maximum Gasteiger partial charge on any atom is 0.338 e. The molecular formula is C19H20N2O4S. The first-order valence-electron chi connectivity index (χ1n) is 8.43. The Labute approximate surface area is 154 Å². The van der Waals surface area contributed by atoms with E-state index in [1.54, 1.807) is 18.4 Å². The van der Waals surface area contributed by atoms with Crippen molar-refractivity contribution in [1.82, 2.24) is 4.57 Å². The Morgan fingerprint density at radius 1 is 1.27 bits per heavy atom. The molecule has 7 heteroatoms. The van der Waals surface area contributed by atoms with Gasteiger partial charge < -0.3 is 9.47 Å². The lowest BCUT2D eigenvalue weighted by Gasteiger charge is -2.24. The minimum atomic E-state index is -0.574. The molecule has 0 radical (unpaired) electrons. The van der Waals surface area contributed by atoms with Gasteiger partial charge in [0.25, 0.3) is 5.56 Å². The molecule has 0 saturated carbocycles. The van der Waals surface area contributed by atoms with E-state index in [0.29, 0.717) is 27.2 Å². The number of ether oxygens (including phenoxy) is 2. The largest absolute Gasteiger partial charge is 0.500 e. The summed E-state index contributed by atoms with van der Waals surface area (Å²) in [5.74, 6) is -0.457. The summed E-state index contributed by atoms with van der Waals surface area (Å²) in [5.41, 5.74) is 1.54. The summed E-state index contributed by atoms with van der Waals surface area (Å²) in [5, 5.41) is 0. The molecule has 136 valence electrons. The zero-order valence-electron chi connectivity index (χ0n) is 14.9. The summed E-state index contributed by atoms with van der Waals surface area (Å²) in [4.78, 5) is 30.6. The van der Waals surface area contributed by atoms with Crippen LogP contribution in [0.15, 0.2) is 51.4 Å². The Morgan fingerprint density at radius 2 is 2.00 bits per heavy atom. The van der Waals surface area contributed by atoms with Crippen LogP contribution in [0.5, 0.6) is 0 Å². The lowest BCUT2D eigenvalue weighted by Crippen LogP contribution is -2.39. The molecule has 26 heavy (non-hydrogen) atoms. The molecule has 0 bridgehead atoms. The number of allylic oxidation sites excluding steroid dienone is 1. The van der Waals surface area contributed by atoms with Crippen LogP contribution in [-0.2, 0) is 14.3 Å². The topological polar surface area (TPSA) is 69.9 Å². The van der Waals surface area contributed by atoms with E-state index in [-0.39, 0.29) is 12.2 Å². The van der Waals surface area contributed by atoms with E-state index < -0.39 is 12.0 Å². The third-order valence-corrected chi connectivity index (χ3v) is 4.95. The number of nitrogens with zero attached hydrogens (tertiary/aromatic N) is 2. The van der Waals surface area contributed by atoms with Crippen molar-refractivity contribution in [1.29, 1.82) is 0 Å². The Bertz CT molecular complexity index is 1020. The van der Waals surface area contributed by atoms with Crippen molar-refractivity contribution in [3.63, 3.8) is 0 Å². The monoisotopic (exact) mass is 372 g/mol. The summed E-state index contributed by atoms with van der Waals surface area (Å²) in [6, 6.07) is 8.86. The van der Waals surface area contributed by atoms with Crippen LogP contribution in [0.25, 0.3) is 6.26 Å². The maximum atomic E-state index is 13.0. The zero-order valence-corrected chi connectivity index (χ0v) is 15.7. The van der Waals surface area contributed by atoms with Crippen molar-refractivity contribution in [3.05, 3.63) is 66.9 Å². The summed E-state index contributed by atoms with van der Waals surface area (Å²) < 4.78 is 12.5. The summed E-state index contributed by atoms with van der Waals surface area (Å²) in [6.07, 6.45) is 1.45. The van der Waals surface area contributed by atoms with Crippen molar-refractivity contribution < 1.29 is 14.3 Å². The van der Waals surface area contributed by atoms with Gasteiger partial charge in [0.05, 0.1) is 30.5 Å². The van der Waals surface area contributed by atoms with Crippen molar-refractivity contribution in [2.24, 2.45) is 4.99 Å². The molecule has 1 aromatic heterocycles. The van der Waals surface area contributed by atoms with E-state index in [0.717, 1.165) is 5.56 Å². The third-order valence-electron chi connectivity index (χ3n) is 3.99. The first-order valence-corrected chi connectivity index (χ1v) is 9.24. The van der Waals surface area contributed by atoms with E-state index in [9.17, 15) is 9.59 Å². The van der Waals surface area contributed by atoms with Crippen LogP contribution in [-0.4, -0.2) is 23.8 Å². The highest BCUT2D eigenvalue weighted by Gasteiger charge is 2.33. The minimum Gasteiger partial charge on any atom is -0.500 e. The molecule has 2 heterocycles. The predicted molar refractivity (Wildman–Crippen MR) is 99.4 cm³/mol. The molecule has 0 amide bonds. The van der Waals surface area contributed by atoms with Gasteiger partial charge in [-0.3, -0.25) is 9.36 Å². The van der Waals surface area contributed by atoms with Gasteiger partial charge in [-0.1, -0.05) is 41.7 Å².